The van der Waals surface area contributed by atoms with Gasteiger partial charge in [-0.1, -0.05) is 20.8 Å². The average molecular weight is 290 g/mol. The molecule has 8 heteroatoms. The summed E-state index contributed by atoms with van der Waals surface area (Å²) in [6.07, 6.45) is 0.671. The number of rotatable bonds is 5. The zero-order valence-electron chi connectivity index (χ0n) is 10.1. The van der Waals surface area contributed by atoms with Crippen LogP contribution in [0.4, 0.5) is 0 Å². The second-order valence-electron chi connectivity index (χ2n) is 4.90. The third kappa shape index (κ3) is 3.68. The van der Waals surface area contributed by atoms with E-state index in [1.165, 1.54) is 0 Å². The molecule has 1 saturated carbocycles. The van der Waals surface area contributed by atoms with Gasteiger partial charge in [0.25, 0.3) is 10.1 Å². The fourth-order valence-electron chi connectivity index (χ4n) is 2.14. The summed E-state index contributed by atoms with van der Waals surface area (Å²) in [5, 5.41) is 9.46. The molecule has 0 bridgehead atoms. The van der Waals surface area contributed by atoms with Crippen LogP contribution in [-0.4, -0.2) is 65.6 Å². The number of aliphatic hydroxyl groups is 1. The van der Waals surface area contributed by atoms with Crippen LogP contribution in [-0.2, 0) is 19.6 Å². The van der Waals surface area contributed by atoms with Crippen LogP contribution < -0.4 is 0 Å². The van der Waals surface area contributed by atoms with E-state index in [0.29, 0.717) is 6.42 Å². The van der Waals surface area contributed by atoms with Gasteiger partial charge in [-0.3, -0.25) is 9.35 Å². The van der Waals surface area contributed by atoms with Crippen molar-refractivity contribution in [3.05, 3.63) is 0 Å². The Bertz CT molecular complexity index is 405. The Balaban J connectivity index is 0.00000289. The molecule has 3 unspecified atom stereocenters. The van der Waals surface area contributed by atoms with Gasteiger partial charge in [0.2, 0.25) is 0 Å². The van der Waals surface area contributed by atoms with Gasteiger partial charge < -0.3 is 9.84 Å². The first-order chi connectivity index (χ1) is 7.64. The van der Waals surface area contributed by atoms with Gasteiger partial charge in [-0.05, 0) is 11.8 Å². The minimum atomic E-state index is -4.55. The number of carbonyl (C=O) groups is 1. The second-order valence-corrected chi connectivity index (χ2v) is 6.41. The molecule has 3 atom stereocenters. The van der Waals surface area contributed by atoms with Gasteiger partial charge >= 0.3 is 35.5 Å². The molecule has 1 aliphatic rings. The summed E-state index contributed by atoms with van der Waals surface area (Å²) >= 11 is 0. The van der Waals surface area contributed by atoms with E-state index in [4.69, 9.17) is 9.29 Å². The normalized spacial score (nSPS) is 26.9. The molecule has 2 N–H and O–H groups in total. The molecule has 0 saturated heterocycles. The molecule has 0 aromatic rings. The summed E-state index contributed by atoms with van der Waals surface area (Å²) in [6.45, 7) is 5.42. The van der Waals surface area contributed by atoms with Crippen molar-refractivity contribution in [1.29, 1.82) is 0 Å². The molecule has 1 aliphatic carbocycles. The monoisotopic (exact) mass is 290 g/mol. The van der Waals surface area contributed by atoms with E-state index < -0.39 is 38.8 Å². The Morgan fingerprint density at radius 3 is 2.33 bits per heavy atom. The predicted molar refractivity (Wildman–Crippen MR) is 66.7 cm³/mol. The van der Waals surface area contributed by atoms with E-state index in [2.05, 4.69) is 0 Å². The van der Waals surface area contributed by atoms with Crippen molar-refractivity contribution < 1.29 is 27.6 Å². The van der Waals surface area contributed by atoms with Gasteiger partial charge in [-0.15, -0.1) is 0 Å². The maximum absolute atomic E-state index is 11.6. The molecule has 0 amide bonds. The van der Waals surface area contributed by atoms with Gasteiger partial charge in [0.15, 0.2) is 5.44 Å². The second kappa shape index (κ2) is 6.19. The van der Waals surface area contributed by atoms with Crippen LogP contribution in [0.5, 0.6) is 0 Å². The van der Waals surface area contributed by atoms with Gasteiger partial charge in [0.1, 0.15) is 0 Å². The summed E-state index contributed by atoms with van der Waals surface area (Å²) in [6, 6.07) is 0. The fraction of sp³-hybridized carbons (Fsp3) is 0.900. The van der Waals surface area contributed by atoms with Crippen LogP contribution in [0.3, 0.4) is 0 Å². The molecule has 0 radical (unpaired) electrons. The molecule has 1 rings (SSSR count). The molecule has 0 heterocycles. The summed E-state index contributed by atoms with van der Waals surface area (Å²) in [4.78, 5) is 11.6. The zero-order chi connectivity index (χ0) is 13.4. The van der Waals surface area contributed by atoms with Crippen LogP contribution in [0.2, 0.25) is 0 Å². The molecule has 102 valence electrons. The molecule has 18 heavy (non-hydrogen) atoms. The Morgan fingerprint density at radius 1 is 1.44 bits per heavy atom. The van der Waals surface area contributed by atoms with Crippen LogP contribution >= 0.6 is 0 Å². The maximum atomic E-state index is 11.6. The van der Waals surface area contributed by atoms with Crippen LogP contribution in [0, 0.1) is 17.3 Å². The first-order valence-electron chi connectivity index (χ1n) is 5.45. The van der Waals surface area contributed by atoms with Crippen molar-refractivity contribution >= 4 is 45.6 Å². The quantitative estimate of drug-likeness (QED) is 0.412. The van der Waals surface area contributed by atoms with Crippen LogP contribution in [0.15, 0.2) is 0 Å². The van der Waals surface area contributed by atoms with E-state index in [-0.39, 0.29) is 36.2 Å². The molecule has 1 fully saturated rings. The molecule has 0 aromatic heterocycles. The standard InChI is InChI=1S/C10H18O6S.Na.H/c1-4-5-16-8(11)6-7(10(6,2)3)9(12)17(13,14)15;;/h6-7,9,12H,4-5H2,1-3H3,(H,13,14,15);;. The van der Waals surface area contributed by atoms with Crippen molar-refractivity contribution in [2.75, 3.05) is 6.61 Å². The van der Waals surface area contributed by atoms with Crippen LogP contribution in [0.25, 0.3) is 0 Å². The van der Waals surface area contributed by atoms with Gasteiger partial charge in [-0.2, -0.15) is 8.42 Å². The fourth-order valence-corrected chi connectivity index (χ4v) is 3.02. The van der Waals surface area contributed by atoms with E-state index in [1.807, 2.05) is 6.92 Å². The number of ether oxygens (including phenoxy) is 1. The topological polar surface area (TPSA) is 101 Å². The van der Waals surface area contributed by atoms with E-state index >= 15 is 0 Å². The first kappa shape index (κ1) is 18.3. The van der Waals surface area contributed by atoms with E-state index in [1.54, 1.807) is 13.8 Å². The van der Waals surface area contributed by atoms with Crippen molar-refractivity contribution in [1.82, 2.24) is 0 Å². The third-order valence-electron chi connectivity index (χ3n) is 3.23. The summed E-state index contributed by atoms with van der Waals surface area (Å²) < 4.78 is 35.4. The SMILES string of the molecule is CCCOC(=O)C1C(C(O)S(=O)(=O)O)C1(C)C.[NaH]. The number of hydrogen-bond donors (Lipinski definition) is 2. The minimum absolute atomic E-state index is 0. The van der Waals surface area contributed by atoms with Crippen molar-refractivity contribution in [2.24, 2.45) is 17.3 Å². The number of esters is 1. The predicted octanol–water partition coefficient (Wildman–Crippen LogP) is -0.230. The average Bonchev–Trinajstić information content (AvgIpc) is 2.75. The number of aliphatic hydroxyl groups excluding tert-OH is 1. The summed E-state index contributed by atoms with van der Waals surface area (Å²) in [7, 11) is -4.55. The van der Waals surface area contributed by atoms with Gasteiger partial charge in [-0.25, -0.2) is 0 Å². The van der Waals surface area contributed by atoms with E-state index in [0.717, 1.165) is 0 Å². The third-order valence-corrected chi connectivity index (χ3v) is 4.13. The summed E-state index contributed by atoms with van der Waals surface area (Å²) in [5.74, 6) is -2.03. The Kier molecular flexibility index (Phi) is 6.31. The Hall–Kier alpha value is 0.340. The zero-order valence-corrected chi connectivity index (χ0v) is 10.9. The Labute approximate surface area is 129 Å². The molecule has 0 aliphatic heterocycles. The molecule has 0 spiro atoms. The van der Waals surface area contributed by atoms with Gasteiger partial charge in [0, 0.05) is 5.92 Å². The first-order valence-corrected chi connectivity index (χ1v) is 6.95. The summed E-state index contributed by atoms with van der Waals surface area (Å²) in [5.41, 5.74) is -2.61. The molecular formula is C10H19NaO6S. The van der Waals surface area contributed by atoms with Crippen molar-refractivity contribution in [3.63, 3.8) is 0 Å². The van der Waals surface area contributed by atoms with Crippen LogP contribution in [0.1, 0.15) is 27.2 Å². The Morgan fingerprint density at radius 2 is 1.94 bits per heavy atom. The van der Waals surface area contributed by atoms with Gasteiger partial charge in [0.05, 0.1) is 12.5 Å². The number of carbonyl (C=O) groups excluding carboxylic acids is 1. The van der Waals surface area contributed by atoms with Crippen molar-refractivity contribution in [3.8, 4) is 0 Å². The van der Waals surface area contributed by atoms with E-state index in [9.17, 15) is 18.3 Å². The molecule has 0 aromatic carbocycles. The molecular weight excluding hydrogens is 271 g/mol. The molecule has 6 nitrogen and oxygen atoms in total. The van der Waals surface area contributed by atoms with Crippen molar-refractivity contribution in [2.45, 2.75) is 32.6 Å². The number of hydrogen-bond acceptors (Lipinski definition) is 5.